The molecule has 0 aliphatic carbocycles. The van der Waals surface area contributed by atoms with Crippen molar-refractivity contribution in [2.24, 2.45) is 0 Å². The van der Waals surface area contributed by atoms with E-state index in [4.69, 9.17) is 0 Å². The van der Waals surface area contributed by atoms with Crippen LogP contribution >= 0.6 is 57.4 Å². The molecule has 0 aliphatic heterocycles. The topological polar surface area (TPSA) is 9.23 Å². The Labute approximate surface area is 226 Å². The van der Waals surface area contributed by atoms with E-state index in [0.29, 0.717) is 0 Å². The molecule has 236 valence electrons. The zero-order chi connectivity index (χ0) is 32.7. The Hall–Kier alpha value is 0.0200. The Morgan fingerprint density at radius 2 is 0.564 bits per heavy atom. The first-order chi connectivity index (χ1) is 16.2. The van der Waals surface area contributed by atoms with Crippen LogP contribution in [0.25, 0.3) is 0 Å². The molecule has 0 aliphatic rings. The summed E-state index contributed by atoms with van der Waals surface area (Å²) in [6, 6.07) is 0. The van der Waals surface area contributed by atoms with Gasteiger partial charge in [-0.2, -0.15) is 96.6 Å². The Kier molecular flexibility index (Phi) is 9.78. The van der Waals surface area contributed by atoms with Crippen LogP contribution in [0.5, 0.6) is 0 Å². The summed E-state index contributed by atoms with van der Waals surface area (Å²) in [6.45, 7) is 0. The molecule has 0 bridgehead atoms. The molecule has 0 saturated heterocycles. The second kappa shape index (κ2) is 9.77. The quantitative estimate of drug-likeness (QED) is 0.115. The van der Waals surface area contributed by atoms with Crippen LogP contribution in [0.3, 0.4) is 0 Å². The van der Waals surface area contributed by atoms with Crippen molar-refractivity contribution < 1.29 is 101 Å². The van der Waals surface area contributed by atoms with Gasteiger partial charge in [-0.15, -0.1) is 0 Å². The predicted molar refractivity (Wildman–Crippen MR) is 89.8 cm³/mol. The smallest absolute Gasteiger partial charge is 0.278 e. The summed E-state index contributed by atoms with van der Waals surface area (Å²) in [5.41, 5.74) is 0. The number of hydrogen-bond donors (Lipinski definition) is 0. The molecule has 0 saturated carbocycles. The second-order valence-electron chi connectivity index (χ2n) is 6.73. The van der Waals surface area contributed by atoms with Crippen LogP contribution in [-0.2, 0) is 4.74 Å². The summed E-state index contributed by atoms with van der Waals surface area (Å²) in [6.07, 6.45) is -8.06. The lowest BCUT2D eigenvalue weighted by Gasteiger charge is -2.45. The molecule has 27 heteroatoms. The van der Waals surface area contributed by atoms with Gasteiger partial charge in [0.1, 0.15) is 0 Å². The first-order valence-electron chi connectivity index (χ1n) is 7.82. The van der Waals surface area contributed by atoms with Crippen LogP contribution in [-0.4, -0.2) is 67.3 Å². The zero-order valence-corrected chi connectivity index (χ0v) is 20.7. The molecule has 0 N–H and O–H groups in total. The van der Waals surface area contributed by atoms with Crippen molar-refractivity contribution in [3.8, 4) is 0 Å². The molecule has 0 amide bonds. The Bertz CT molecular complexity index is 905. The highest BCUT2D eigenvalue weighted by molar-refractivity contribution is 14.1. The van der Waals surface area contributed by atoms with Gasteiger partial charge in [-0.05, 0) is 11.6 Å². The molecule has 0 heterocycles. The number of ether oxygens (including phenoxy) is 1. The Balaban J connectivity index is 7.11. The van der Waals surface area contributed by atoms with Crippen LogP contribution in [0, 0.1) is 0 Å². The van der Waals surface area contributed by atoms with Gasteiger partial charge in [0.05, 0.1) is 0 Å². The van der Waals surface area contributed by atoms with Crippen molar-refractivity contribution >= 4 is 57.4 Å². The zero-order valence-electron chi connectivity index (χ0n) is 16.2. The third-order valence-corrected chi connectivity index (χ3v) is 5.98. The molecule has 39 heavy (non-hydrogen) atoms. The molecule has 0 aromatic carbocycles. The summed E-state index contributed by atoms with van der Waals surface area (Å²) < 4.78 is 282. The minimum Gasteiger partial charge on any atom is -0.278 e. The highest BCUT2D eigenvalue weighted by atomic mass is 127. The fourth-order valence-electron chi connectivity index (χ4n) is 1.83. The van der Waals surface area contributed by atoms with Gasteiger partial charge in [-0.1, -0.05) is 23.2 Å². The molecule has 0 aromatic rings. The summed E-state index contributed by atoms with van der Waals surface area (Å²) in [5, 5.41) is -5.61. The lowest BCUT2D eigenvalue weighted by atomic mass is 9.87. The van der Waals surface area contributed by atoms with Gasteiger partial charge in [0.25, 0.3) is 0 Å². The highest BCUT2D eigenvalue weighted by Crippen LogP contribution is 2.67. The summed E-state index contributed by atoms with van der Waals surface area (Å²) in [7, 11) is 0. The fourth-order valence-corrected chi connectivity index (χ4v) is 2.78. The SMILES string of the molecule is FC(F)(F)C(F)(F)C(F)(F)C(F)(F)C(F)(F)C(F)(F)C(F)(F)C(F)(F)C(F)(F)C(F)(I)OC(F)(Cl)C(F)(Cl)Cl. The predicted octanol–water partition coefficient (Wildman–Crippen LogP) is 9.67. The molecular weight excluding hydrogens is 811 g/mol. The normalized spacial score (nSPS) is 19.5. The van der Waals surface area contributed by atoms with E-state index in [1.807, 2.05) is 0 Å². The summed E-state index contributed by atoms with van der Waals surface area (Å²) in [5.74, 6) is -71.1. The van der Waals surface area contributed by atoms with Crippen LogP contribution in [0.4, 0.5) is 96.6 Å². The van der Waals surface area contributed by atoms with E-state index in [2.05, 4.69) is 39.5 Å². The van der Waals surface area contributed by atoms with Gasteiger partial charge in [0, 0.05) is 22.6 Å². The van der Waals surface area contributed by atoms with Gasteiger partial charge in [-0.3, -0.25) is 4.74 Å². The first kappa shape index (κ1) is 39.0. The number of halogens is 26. The van der Waals surface area contributed by atoms with Crippen LogP contribution in [0.15, 0.2) is 0 Å². The van der Waals surface area contributed by atoms with Crippen LogP contribution < -0.4 is 0 Å². The molecule has 0 fully saturated rings. The third kappa shape index (κ3) is 5.35. The maximum atomic E-state index is 14.0. The summed E-state index contributed by atoms with van der Waals surface area (Å²) in [4.78, 5) is 0. The van der Waals surface area contributed by atoms with E-state index >= 15 is 0 Å². The van der Waals surface area contributed by atoms with Gasteiger partial charge >= 0.3 is 67.3 Å². The standard InChI is InChI=1S/C12Cl3F22IO/c13-9(14,32)10(15,33)39-12(37,38)8(30,31)6(26,27)4(22,23)2(18,19)1(16,17)3(20,21)5(24,25)7(28,29)11(34,35)36. The van der Waals surface area contributed by atoms with Crippen molar-refractivity contribution in [3.63, 3.8) is 0 Å². The van der Waals surface area contributed by atoms with E-state index in [1.54, 1.807) is 0 Å². The number of hydrogen-bond acceptors (Lipinski definition) is 1. The van der Waals surface area contributed by atoms with E-state index in [0.717, 1.165) is 0 Å². The van der Waals surface area contributed by atoms with Crippen LogP contribution in [0.2, 0.25) is 0 Å². The van der Waals surface area contributed by atoms with Crippen molar-refractivity contribution in [2.75, 3.05) is 0 Å². The molecule has 2 atom stereocenters. The summed E-state index contributed by atoms with van der Waals surface area (Å²) >= 11 is 11.4. The third-order valence-electron chi connectivity index (χ3n) is 4.07. The minimum absolute atomic E-state index is 1.14. The average molecular weight is 811 g/mol. The van der Waals surface area contributed by atoms with Gasteiger partial charge < -0.3 is 0 Å². The molecule has 0 spiro atoms. The molecular formula is C12Cl3F22IO. The molecule has 1 nitrogen and oxygen atoms in total. The van der Waals surface area contributed by atoms with Crippen LogP contribution in [0.1, 0.15) is 0 Å². The molecule has 2 unspecified atom stereocenters. The maximum Gasteiger partial charge on any atom is 0.460 e. The lowest BCUT2D eigenvalue weighted by Crippen LogP contribution is -2.77. The van der Waals surface area contributed by atoms with Gasteiger partial charge in [0.2, 0.25) is 0 Å². The lowest BCUT2D eigenvalue weighted by molar-refractivity contribution is -0.474. The Morgan fingerprint density at radius 1 is 0.359 bits per heavy atom. The van der Waals surface area contributed by atoms with Crippen molar-refractivity contribution in [1.29, 1.82) is 0 Å². The molecule has 0 rings (SSSR count). The molecule has 0 radical (unpaired) electrons. The highest BCUT2D eigenvalue weighted by Gasteiger charge is 2.98. The van der Waals surface area contributed by atoms with E-state index in [1.165, 1.54) is 0 Å². The van der Waals surface area contributed by atoms with Gasteiger partial charge in [-0.25, -0.2) is 0 Å². The van der Waals surface area contributed by atoms with Crippen molar-refractivity contribution in [2.45, 2.75) is 67.3 Å². The van der Waals surface area contributed by atoms with E-state index in [-0.39, 0.29) is 0 Å². The number of alkyl halides is 26. The second-order valence-corrected chi connectivity index (χ2v) is 9.84. The van der Waals surface area contributed by atoms with E-state index < -0.39 is 89.9 Å². The monoisotopic (exact) mass is 810 g/mol. The first-order valence-corrected chi connectivity index (χ1v) is 10.0. The van der Waals surface area contributed by atoms with Gasteiger partial charge in [0.15, 0.2) is 0 Å². The number of rotatable bonds is 11. The minimum atomic E-state index is -9.27. The molecule has 0 aromatic heterocycles. The van der Waals surface area contributed by atoms with Crippen molar-refractivity contribution in [1.82, 2.24) is 0 Å². The fraction of sp³-hybridized carbons (Fsp3) is 1.00. The van der Waals surface area contributed by atoms with E-state index in [9.17, 15) is 96.6 Å². The largest absolute Gasteiger partial charge is 0.460 e. The Morgan fingerprint density at radius 3 is 0.769 bits per heavy atom. The average Bonchev–Trinajstić information content (AvgIpc) is 2.63. The maximum absolute atomic E-state index is 14.0. The van der Waals surface area contributed by atoms with Crippen molar-refractivity contribution in [3.05, 3.63) is 0 Å².